The molecule has 1 heterocycles. The number of carbonyl (C=O) groups is 1. The molecule has 0 aromatic heterocycles. The summed E-state index contributed by atoms with van der Waals surface area (Å²) in [6.45, 7) is 1.88. The van der Waals surface area contributed by atoms with Crippen molar-refractivity contribution < 1.29 is 14.3 Å². The van der Waals surface area contributed by atoms with E-state index in [1.165, 1.54) is 0 Å². The van der Waals surface area contributed by atoms with Gasteiger partial charge < -0.3 is 20.1 Å². The van der Waals surface area contributed by atoms with Crippen molar-refractivity contribution in [1.29, 1.82) is 0 Å². The molecule has 1 aliphatic heterocycles. The summed E-state index contributed by atoms with van der Waals surface area (Å²) in [6, 6.07) is 7.68. The van der Waals surface area contributed by atoms with Crippen molar-refractivity contribution in [1.82, 2.24) is 4.90 Å². The van der Waals surface area contributed by atoms with Gasteiger partial charge in [-0.1, -0.05) is 12.1 Å². The van der Waals surface area contributed by atoms with Crippen LogP contribution in [0.4, 0.5) is 0 Å². The van der Waals surface area contributed by atoms with E-state index in [-0.39, 0.29) is 11.9 Å². The summed E-state index contributed by atoms with van der Waals surface area (Å²) in [5, 5.41) is 0. The van der Waals surface area contributed by atoms with Gasteiger partial charge in [0.15, 0.2) is 11.5 Å². The summed E-state index contributed by atoms with van der Waals surface area (Å²) in [7, 11) is 1.60. The fourth-order valence-corrected chi connectivity index (χ4v) is 2.29. The molecule has 0 aliphatic carbocycles. The first-order valence-corrected chi connectivity index (χ1v) is 7.00. The van der Waals surface area contributed by atoms with Gasteiger partial charge in [-0.15, -0.1) is 0 Å². The van der Waals surface area contributed by atoms with E-state index in [0.29, 0.717) is 24.5 Å². The van der Waals surface area contributed by atoms with E-state index in [1.807, 2.05) is 29.2 Å². The number of likely N-dealkylation sites (tertiary alicyclic amines) is 1. The van der Waals surface area contributed by atoms with Crippen LogP contribution in [0.1, 0.15) is 19.3 Å². The van der Waals surface area contributed by atoms with Crippen LogP contribution in [0.2, 0.25) is 0 Å². The summed E-state index contributed by atoms with van der Waals surface area (Å²) in [4.78, 5) is 13.9. The third kappa shape index (κ3) is 3.87. The fourth-order valence-electron chi connectivity index (χ4n) is 2.29. The topological polar surface area (TPSA) is 64.8 Å². The molecule has 0 saturated carbocycles. The third-order valence-electron chi connectivity index (χ3n) is 3.53. The highest BCUT2D eigenvalue weighted by atomic mass is 16.5. The number of para-hydroxylation sites is 2. The Hall–Kier alpha value is -1.75. The predicted molar refractivity (Wildman–Crippen MR) is 76.9 cm³/mol. The van der Waals surface area contributed by atoms with Crippen LogP contribution in [0, 0.1) is 0 Å². The number of piperidine rings is 1. The first-order chi connectivity index (χ1) is 9.70. The molecule has 1 saturated heterocycles. The van der Waals surface area contributed by atoms with Gasteiger partial charge in [0.1, 0.15) is 0 Å². The number of amides is 1. The molecule has 5 nitrogen and oxygen atoms in total. The highest BCUT2D eigenvalue weighted by Crippen LogP contribution is 2.25. The molecule has 2 rings (SSSR count). The fraction of sp³-hybridized carbons (Fsp3) is 0.533. The summed E-state index contributed by atoms with van der Waals surface area (Å²) in [5.74, 6) is 1.49. The van der Waals surface area contributed by atoms with E-state index < -0.39 is 0 Å². The molecular weight excluding hydrogens is 256 g/mol. The highest BCUT2D eigenvalue weighted by molar-refractivity contribution is 5.76. The second-order valence-electron chi connectivity index (χ2n) is 4.97. The second-order valence-corrected chi connectivity index (χ2v) is 4.97. The van der Waals surface area contributed by atoms with E-state index in [1.54, 1.807) is 7.11 Å². The molecule has 0 unspecified atom stereocenters. The van der Waals surface area contributed by atoms with Crippen LogP contribution in [0.5, 0.6) is 11.5 Å². The lowest BCUT2D eigenvalue weighted by Gasteiger charge is -2.30. The number of nitrogens with zero attached hydrogens (tertiary/aromatic N) is 1. The molecule has 1 aliphatic rings. The highest BCUT2D eigenvalue weighted by Gasteiger charge is 2.20. The summed E-state index contributed by atoms with van der Waals surface area (Å²) < 4.78 is 10.8. The molecule has 0 atom stereocenters. The standard InChI is InChI=1S/C15H22N2O3/c1-19-13-4-2-3-5-14(13)20-11-8-15(18)17-9-6-12(16)7-10-17/h2-5,12H,6-11,16H2,1H3. The van der Waals surface area contributed by atoms with Crippen LogP contribution in [0.15, 0.2) is 24.3 Å². The molecule has 1 amide bonds. The average molecular weight is 278 g/mol. The molecule has 110 valence electrons. The third-order valence-corrected chi connectivity index (χ3v) is 3.53. The number of methoxy groups -OCH3 is 1. The van der Waals surface area contributed by atoms with E-state index in [2.05, 4.69) is 0 Å². The van der Waals surface area contributed by atoms with Crippen LogP contribution in [0.25, 0.3) is 0 Å². The molecule has 5 heteroatoms. The van der Waals surface area contributed by atoms with Gasteiger partial charge in [0, 0.05) is 19.1 Å². The largest absolute Gasteiger partial charge is 0.493 e. The number of benzene rings is 1. The van der Waals surface area contributed by atoms with Gasteiger partial charge in [0.2, 0.25) is 5.91 Å². The van der Waals surface area contributed by atoms with Gasteiger partial charge in [-0.3, -0.25) is 4.79 Å². The Bertz CT molecular complexity index is 442. The quantitative estimate of drug-likeness (QED) is 0.884. The van der Waals surface area contributed by atoms with Gasteiger partial charge in [0.25, 0.3) is 0 Å². The van der Waals surface area contributed by atoms with Crippen LogP contribution >= 0.6 is 0 Å². The van der Waals surface area contributed by atoms with Crippen molar-refractivity contribution in [2.24, 2.45) is 5.73 Å². The van der Waals surface area contributed by atoms with Crippen LogP contribution in [-0.2, 0) is 4.79 Å². The zero-order valence-electron chi connectivity index (χ0n) is 11.9. The zero-order valence-corrected chi connectivity index (χ0v) is 11.9. The number of carbonyl (C=O) groups excluding carboxylic acids is 1. The molecule has 0 radical (unpaired) electrons. The van der Waals surface area contributed by atoms with Crippen molar-refractivity contribution in [3.05, 3.63) is 24.3 Å². The van der Waals surface area contributed by atoms with Gasteiger partial charge >= 0.3 is 0 Å². The normalized spacial score (nSPS) is 16.0. The minimum Gasteiger partial charge on any atom is -0.493 e. The van der Waals surface area contributed by atoms with Gasteiger partial charge in [-0.25, -0.2) is 0 Å². The lowest BCUT2D eigenvalue weighted by Crippen LogP contribution is -2.43. The number of rotatable bonds is 5. The molecule has 1 aromatic carbocycles. The Morgan fingerprint density at radius 3 is 2.60 bits per heavy atom. The first-order valence-electron chi connectivity index (χ1n) is 7.00. The van der Waals surface area contributed by atoms with E-state index in [0.717, 1.165) is 25.9 Å². The van der Waals surface area contributed by atoms with Gasteiger partial charge in [-0.05, 0) is 25.0 Å². The second kappa shape index (κ2) is 7.14. The first kappa shape index (κ1) is 14.7. The monoisotopic (exact) mass is 278 g/mol. The van der Waals surface area contributed by atoms with Crippen molar-refractivity contribution in [2.75, 3.05) is 26.8 Å². The van der Waals surface area contributed by atoms with E-state index in [4.69, 9.17) is 15.2 Å². The molecule has 0 spiro atoms. The maximum atomic E-state index is 12.0. The van der Waals surface area contributed by atoms with Crippen LogP contribution in [0.3, 0.4) is 0 Å². The van der Waals surface area contributed by atoms with E-state index >= 15 is 0 Å². The zero-order chi connectivity index (χ0) is 14.4. The maximum Gasteiger partial charge on any atom is 0.225 e. The summed E-state index contributed by atoms with van der Waals surface area (Å²) >= 11 is 0. The number of ether oxygens (including phenoxy) is 2. The number of hydrogen-bond acceptors (Lipinski definition) is 4. The number of hydrogen-bond donors (Lipinski definition) is 1. The van der Waals surface area contributed by atoms with Crippen LogP contribution < -0.4 is 15.2 Å². The van der Waals surface area contributed by atoms with Crippen molar-refractivity contribution in [3.63, 3.8) is 0 Å². The van der Waals surface area contributed by atoms with Crippen molar-refractivity contribution >= 4 is 5.91 Å². The molecule has 1 aromatic rings. The van der Waals surface area contributed by atoms with Crippen molar-refractivity contribution in [3.8, 4) is 11.5 Å². The SMILES string of the molecule is COc1ccccc1OCCC(=O)N1CCC(N)CC1. The average Bonchev–Trinajstić information content (AvgIpc) is 2.48. The van der Waals surface area contributed by atoms with Gasteiger partial charge in [-0.2, -0.15) is 0 Å². The maximum absolute atomic E-state index is 12.0. The Morgan fingerprint density at radius 1 is 1.30 bits per heavy atom. The summed E-state index contributed by atoms with van der Waals surface area (Å²) in [6.07, 6.45) is 2.16. The predicted octanol–water partition coefficient (Wildman–Crippen LogP) is 1.41. The molecule has 2 N–H and O–H groups in total. The smallest absolute Gasteiger partial charge is 0.225 e. The minimum atomic E-state index is 0.131. The molecule has 20 heavy (non-hydrogen) atoms. The molecule has 1 fully saturated rings. The van der Waals surface area contributed by atoms with Gasteiger partial charge in [0.05, 0.1) is 20.1 Å². The van der Waals surface area contributed by atoms with Crippen molar-refractivity contribution in [2.45, 2.75) is 25.3 Å². The lowest BCUT2D eigenvalue weighted by molar-refractivity contribution is -0.132. The Morgan fingerprint density at radius 2 is 1.95 bits per heavy atom. The van der Waals surface area contributed by atoms with E-state index in [9.17, 15) is 4.79 Å². The minimum absolute atomic E-state index is 0.131. The van der Waals surface area contributed by atoms with Crippen LogP contribution in [-0.4, -0.2) is 43.7 Å². The summed E-state index contributed by atoms with van der Waals surface area (Å²) in [5.41, 5.74) is 5.83. The Kier molecular flexibility index (Phi) is 5.24. The number of nitrogens with two attached hydrogens (primary N) is 1. The molecule has 0 bridgehead atoms. The lowest BCUT2D eigenvalue weighted by atomic mass is 10.1. The Balaban J connectivity index is 1.76. The Labute approximate surface area is 119 Å². The molecular formula is C15H22N2O3.